The van der Waals surface area contributed by atoms with Crippen molar-refractivity contribution in [2.24, 2.45) is 0 Å². The second-order valence-electron chi connectivity index (χ2n) is 7.04. The quantitative estimate of drug-likeness (QED) is 0.469. The van der Waals surface area contributed by atoms with Crippen LogP contribution >= 0.6 is 23.1 Å². The van der Waals surface area contributed by atoms with Crippen LogP contribution in [0.3, 0.4) is 0 Å². The van der Waals surface area contributed by atoms with E-state index in [4.69, 9.17) is 4.98 Å². The summed E-state index contributed by atoms with van der Waals surface area (Å²) in [7, 11) is 4.11. The number of thioether (sulfide) groups is 1. The summed E-state index contributed by atoms with van der Waals surface area (Å²) in [5.41, 5.74) is 2.88. The Kier molecular flexibility index (Phi) is 7.10. The highest BCUT2D eigenvalue weighted by molar-refractivity contribution is 7.99. The van der Waals surface area contributed by atoms with Crippen LogP contribution in [0.1, 0.15) is 29.3 Å². The third kappa shape index (κ3) is 5.13. The molecule has 148 valence electrons. The molecule has 0 radical (unpaired) electrons. The lowest BCUT2D eigenvalue weighted by atomic mass is 10.2. The first-order valence-corrected chi connectivity index (χ1v) is 11.3. The predicted octanol–water partition coefficient (Wildman–Crippen LogP) is 5.32. The Morgan fingerprint density at radius 3 is 2.71 bits per heavy atom. The highest BCUT2D eigenvalue weighted by Gasteiger charge is 2.21. The molecule has 0 saturated heterocycles. The number of carbonyl (C=O) groups is 1. The number of aromatic nitrogens is 1. The van der Waals surface area contributed by atoms with Crippen LogP contribution in [-0.4, -0.2) is 48.7 Å². The van der Waals surface area contributed by atoms with Gasteiger partial charge in [-0.1, -0.05) is 30.4 Å². The number of aryl methyl sites for hydroxylation is 1. The van der Waals surface area contributed by atoms with E-state index < -0.39 is 0 Å². The largest absolute Gasteiger partial charge is 0.309 e. The minimum atomic E-state index is 0.0214. The number of benzene rings is 2. The Labute approximate surface area is 175 Å². The molecule has 0 saturated carbocycles. The molecule has 1 heterocycles. The number of fused-ring (bicyclic) bond motifs is 1. The molecule has 4 nitrogen and oxygen atoms in total. The van der Waals surface area contributed by atoms with Gasteiger partial charge in [0.25, 0.3) is 5.91 Å². The molecule has 3 rings (SSSR count). The van der Waals surface area contributed by atoms with Gasteiger partial charge in [0.1, 0.15) is 0 Å². The van der Waals surface area contributed by atoms with Crippen molar-refractivity contribution in [3.63, 3.8) is 0 Å². The maximum Gasteiger partial charge on any atom is 0.260 e. The summed E-state index contributed by atoms with van der Waals surface area (Å²) < 4.78 is 1.12. The molecule has 0 bridgehead atoms. The van der Waals surface area contributed by atoms with Gasteiger partial charge in [0.2, 0.25) is 0 Å². The van der Waals surface area contributed by atoms with Crippen molar-refractivity contribution < 1.29 is 4.79 Å². The summed E-state index contributed by atoms with van der Waals surface area (Å²) in [4.78, 5) is 23.3. The summed E-state index contributed by atoms with van der Waals surface area (Å²) in [6, 6.07) is 14.1. The summed E-state index contributed by atoms with van der Waals surface area (Å²) in [6.45, 7) is 5.78. The Morgan fingerprint density at radius 1 is 1.14 bits per heavy atom. The second kappa shape index (κ2) is 9.54. The molecule has 0 aliphatic rings. The summed E-state index contributed by atoms with van der Waals surface area (Å²) in [5, 5.41) is 0.776. The minimum absolute atomic E-state index is 0.0214. The zero-order chi connectivity index (χ0) is 20.1. The molecular formula is C22H27N3OS2. The number of carbonyl (C=O) groups excluding carboxylic acids is 1. The van der Waals surface area contributed by atoms with Crippen LogP contribution < -0.4 is 4.90 Å². The van der Waals surface area contributed by atoms with Gasteiger partial charge in [-0.2, -0.15) is 0 Å². The monoisotopic (exact) mass is 413 g/mol. The van der Waals surface area contributed by atoms with Gasteiger partial charge in [-0.15, -0.1) is 11.8 Å². The van der Waals surface area contributed by atoms with Crippen molar-refractivity contribution in [3.8, 4) is 0 Å². The van der Waals surface area contributed by atoms with Crippen LogP contribution in [0.4, 0.5) is 5.13 Å². The first-order chi connectivity index (χ1) is 13.5. The van der Waals surface area contributed by atoms with Gasteiger partial charge in [-0.05, 0) is 75.6 Å². The lowest BCUT2D eigenvalue weighted by Crippen LogP contribution is -2.33. The van der Waals surface area contributed by atoms with Crippen LogP contribution in [-0.2, 0) is 0 Å². The maximum atomic E-state index is 13.4. The Morgan fingerprint density at radius 2 is 1.96 bits per heavy atom. The van der Waals surface area contributed by atoms with Gasteiger partial charge in [-0.25, -0.2) is 4.98 Å². The van der Waals surface area contributed by atoms with Crippen LogP contribution in [0.25, 0.3) is 10.2 Å². The zero-order valence-electron chi connectivity index (χ0n) is 16.9. The molecule has 6 heteroatoms. The van der Waals surface area contributed by atoms with E-state index >= 15 is 0 Å². The molecule has 3 aromatic rings. The SMILES string of the molecule is CCSc1cccc(C(=O)N(CCCN(C)C)c2nc3ccc(C)cc3s2)c1. The van der Waals surface area contributed by atoms with E-state index in [9.17, 15) is 4.79 Å². The summed E-state index contributed by atoms with van der Waals surface area (Å²) in [6.07, 6.45) is 0.900. The number of hydrogen-bond acceptors (Lipinski definition) is 5. The van der Waals surface area contributed by atoms with Gasteiger partial charge in [0.05, 0.1) is 10.2 Å². The van der Waals surface area contributed by atoms with E-state index in [1.165, 1.54) is 5.56 Å². The highest BCUT2D eigenvalue weighted by Crippen LogP contribution is 2.31. The van der Waals surface area contributed by atoms with Crippen LogP contribution in [0, 0.1) is 6.92 Å². The van der Waals surface area contributed by atoms with E-state index in [0.717, 1.165) is 44.5 Å². The average molecular weight is 414 g/mol. The Hall–Kier alpha value is -1.89. The number of anilines is 1. The normalized spacial score (nSPS) is 11.3. The summed E-state index contributed by atoms with van der Waals surface area (Å²) >= 11 is 3.34. The van der Waals surface area contributed by atoms with Gasteiger partial charge >= 0.3 is 0 Å². The molecular weight excluding hydrogens is 386 g/mol. The molecule has 0 unspecified atom stereocenters. The first-order valence-electron chi connectivity index (χ1n) is 9.54. The fraction of sp³-hybridized carbons (Fsp3) is 0.364. The fourth-order valence-corrected chi connectivity index (χ4v) is 4.81. The lowest BCUT2D eigenvalue weighted by molar-refractivity contribution is 0.0986. The predicted molar refractivity (Wildman–Crippen MR) is 122 cm³/mol. The van der Waals surface area contributed by atoms with E-state index in [-0.39, 0.29) is 5.91 Å². The molecule has 1 aromatic heterocycles. The molecule has 0 atom stereocenters. The third-order valence-corrected chi connectivity index (χ3v) is 6.30. The van der Waals surface area contributed by atoms with Crippen molar-refractivity contribution in [2.75, 3.05) is 37.8 Å². The number of hydrogen-bond donors (Lipinski definition) is 0. The Bertz CT molecular complexity index is 952. The summed E-state index contributed by atoms with van der Waals surface area (Å²) in [5.74, 6) is 1.01. The lowest BCUT2D eigenvalue weighted by Gasteiger charge is -2.21. The topological polar surface area (TPSA) is 36.4 Å². The van der Waals surface area contributed by atoms with Crippen LogP contribution in [0.2, 0.25) is 0 Å². The highest BCUT2D eigenvalue weighted by atomic mass is 32.2. The molecule has 0 fully saturated rings. The average Bonchev–Trinajstić information content (AvgIpc) is 3.07. The van der Waals surface area contributed by atoms with E-state index in [0.29, 0.717) is 6.54 Å². The van der Waals surface area contributed by atoms with E-state index in [2.05, 4.69) is 51.0 Å². The fourth-order valence-electron chi connectivity index (χ4n) is 3.01. The molecule has 0 spiro atoms. The maximum absolute atomic E-state index is 13.4. The number of rotatable bonds is 8. The molecule has 0 N–H and O–H groups in total. The zero-order valence-corrected chi connectivity index (χ0v) is 18.6. The van der Waals surface area contributed by atoms with Gasteiger partial charge < -0.3 is 4.90 Å². The number of thiazole rings is 1. The van der Waals surface area contributed by atoms with Crippen molar-refractivity contribution in [2.45, 2.75) is 25.2 Å². The standard InChI is InChI=1S/C22H27N3OS2/c1-5-27-18-9-6-8-17(15-18)21(26)25(13-7-12-24(3)4)22-23-19-11-10-16(2)14-20(19)28-22/h6,8-11,14-15H,5,7,12-13H2,1-4H3. The second-order valence-corrected chi connectivity index (χ2v) is 9.39. The molecule has 2 aromatic carbocycles. The van der Waals surface area contributed by atoms with Crippen molar-refractivity contribution in [1.29, 1.82) is 0 Å². The smallest absolute Gasteiger partial charge is 0.260 e. The third-order valence-electron chi connectivity index (χ3n) is 4.39. The Balaban J connectivity index is 1.93. The first kappa shape index (κ1) is 20.8. The van der Waals surface area contributed by atoms with E-state index in [1.807, 2.05) is 29.2 Å². The minimum Gasteiger partial charge on any atom is -0.309 e. The van der Waals surface area contributed by atoms with Crippen molar-refractivity contribution in [3.05, 3.63) is 53.6 Å². The van der Waals surface area contributed by atoms with Gasteiger partial charge in [-0.3, -0.25) is 9.69 Å². The van der Waals surface area contributed by atoms with E-state index in [1.54, 1.807) is 23.1 Å². The number of amides is 1. The van der Waals surface area contributed by atoms with Crippen LogP contribution in [0.15, 0.2) is 47.4 Å². The van der Waals surface area contributed by atoms with Gasteiger partial charge in [0.15, 0.2) is 5.13 Å². The van der Waals surface area contributed by atoms with Crippen LogP contribution in [0.5, 0.6) is 0 Å². The van der Waals surface area contributed by atoms with Gasteiger partial charge in [0, 0.05) is 17.0 Å². The number of nitrogens with zero attached hydrogens (tertiary/aromatic N) is 3. The van der Waals surface area contributed by atoms with Crippen molar-refractivity contribution in [1.82, 2.24) is 9.88 Å². The molecule has 0 aliphatic carbocycles. The molecule has 0 aliphatic heterocycles. The molecule has 1 amide bonds. The van der Waals surface area contributed by atoms with Crippen molar-refractivity contribution >= 4 is 44.4 Å². The molecule has 28 heavy (non-hydrogen) atoms.